The van der Waals surface area contributed by atoms with Crippen LogP contribution in [0.5, 0.6) is 0 Å². The van der Waals surface area contributed by atoms with Crippen LogP contribution in [0, 0.1) is 18.8 Å². The van der Waals surface area contributed by atoms with Crippen LogP contribution in [-0.4, -0.2) is 26.5 Å². The Kier molecular flexibility index (Phi) is 5.02. The molecule has 4 nitrogen and oxygen atoms in total. The van der Waals surface area contributed by atoms with Crippen molar-refractivity contribution in [1.29, 1.82) is 0 Å². The van der Waals surface area contributed by atoms with E-state index in [-0.39, 0.29) is 6.61 Å². The molecule has 0 amide bonds. The highest BCUT2D eigenvalue weighted by Gasteiger charge is 2.06. The molecular weight excluding hydrogens is 278 g/mol. The van der Waals surface area contributed by atoms with Crippen LogP contribution in [0.1, 0.15) is 22.0 Å². The lowest BCUT2D eigenvalue weighted by Gasteiger charge is -1.99. The minimum Gasteiger partial charge on any atom is -0.395 e. The van der Waals surface area contributed by atoms with Gasteiger partial charge in [-0.15, -0.1) is 21.5 Å². The van der Waals surface area contributed by atoms with Crippen molar-refractivity contribution in [3.63, 3.8) is 0 Å². The zero-order valence-corrected chi connectivity index (χ0v) is 12.5. The average Bonchev–Trinajstić information content (AvgIpc) is 2.97. The van der Waals surface area contributed by atoms with Crippen LogP contribution in [0.3, 0.4) is 0 Å². The molecule has 2 heterocycles. The summed E-state index contributed by atoms with van der Waals surface area (Å²) in [4.78, 5) is 2.30. The van der Waals surface area contributed by atoms with Gasteiger partial charge in [-0.05, 0) is 19.1 Å². The number of hydrogen-bond donors (Lipinski definition) is 1. The molecule has 0 aliphatic rings. The summed E-state index contributed by atoms with van der Waals surface area (Å²) in [5, 5.41) is 17.8. The zero-order chi connectivity index (χ0) is 13.7. The number of hydrogen-bond acceptors (Lipinski definition) is 5. The summed E-state index contributed by atoms with van der Waals surface area (Å²) in [5.74, 6) is 7.77. The minimum absolute atomic E-state index is 0.118. The second kappa shape index (κ2) is 6.75. The maximum atomic E-state index is 8.67. The van der Waals surface area contributed by atoms with Gasteiger partial charge in [0.2, 0.25) is 0 Å². The van der Waals surface area contributed by atoms with Crippen LogP contribution in [-0.2, 0) is 12.8 Å². The second-order valence-corrected chi connectivity index (χ2v) is 6.03. The maximum Gasteiger partial charge on any atom is 0.191 e. The molecule has 100 valence electrons. The number of thioether (sulfide) groups is 1. The molecule has 0 atom stereocenters. The molecule has 0 saturated carbocycles. The molecule has 0 aromatic carbocycles. The number of aryl methyl sites for hydroxylation is 1. The van der Waals surface area contributed by atoms with E-state index in [4.69, 9.17) is 5.11 Å². The lowest BCUT2D eigenvalue weighted by molar-refractivity contribution is 0.305. The summed E-state index contributed by atoms with van der Waals surface area (Å²) in [6, 6.07) is 4.11. The van der Waals surface area contributed by atoms with E-state index in [9.17, 15) is 0 Å². The number of aromatic nitrogens is 3. The molecule has 1 N–H and O–H groups in total. The third-order valence-corrected chi connectivity index (χ3v) is 4.76. The smallest absolute Gasteiger partial charge is 0.191 e. The Balaban J connectivity index is 1.94. The summed E-state index contributed by atoms with van der Waals surface area (Å²) in [5.41, 5.74) is 0. The van der Waals surface area contributed by atoms with Crippen LogP contribution >= 0.6 is 23.1 Å². The van der Waals surface area contributed by atoms with Crippen molar-refractivity contribution in [2.24, 2.45) is 7.05 Å². The highest BCUT2D eigenvalue weighted by molar-refractivity contribution is 7.98. The summed E-state index contributed by atoms with van der Waals surface area (Å²) in [7, 11) is 1.97. The van der Waals surface area contributed by atoms with Crippen molar-refractivity contribution in [3.8, 4) is 11.8 Å². The molecular formula is C13H15N3OS2. The first-order chi connectivity index (χ1) is 9.20. The van der Waals surface area contributed by atoms with Crippen LogP contribution < -0.4 is 0 Å². The quantitative estimate of drug-likeness (QED) is 0.693. The van der Waals surface area contributed by atoms with Crippen molar-refractivity contribution in [1.82, 2.24) is 14.8 Å². The topological polar surface area (TPSA) is 50.9 Å². The van der Waals surface area contributed by atoms with Gasteiger partial charge in [-0.1, -0.05) is 23.6 Å². The fourth-order valence-corrected chi connectivity index (χ4v) is 3.26. The Morgan fingerprint density at radius 3 is 2.95 bits per heavy atom. The fourth-order valence-electron chi connectivity index (χ4n) is 1.38. The minimum atomic E-state index is 0.118. The van der Waals surface area contributed by atoms with E-state index >= 15 is 0 Å². The molecule has 0 aliphatic heterocycles. The fraction of sp³-hybridized carbons (Fsp3) is 0.385. The Bertz CT molecular complexity index is 607. The third-order valence-electron chi connectivity index (χ3n) is 2.51. The van der Waals surface area contributed by atoms with Crippen molar-refractivity contribution in [2.45, 2.75) is 24.3 Å². The lowest BCUT2D eigenvalue weighted by Crippen LogP contribution is -1.93. The molecule has 19 heavy (non-hydrogen) atoms. The molecule has 0 radical (unpaired) electrons. The van der Waals surface area contributed by atoms with Crippen molar-refractivity contribution in [2.75, 3.05) is 6.61 Å². The Labute approximate surface area is 120 Å². The van der Waals surface area contributed by atoms with Gasteiger partial charge in [0.1, 0.15) is 5.82 Å². The van der Waals surface area contributed by atoms with Gasteiger partial charge in [0, 0.05) is 24.1 Å². The Hall–Kier alpha value is -1.29. The van der Waals surface area contributed by atoms with E-state index in [2.05, 4.69) is 28.1 Å². The first kappa shape index (κ1) is 14.1. The summed E-state index contributed by atoms with van der Waals surface area (Å²) < 4.78 is 1.99. The molecule has 6 heteroatoms. The lowest BCUT2D eigenvalue weighted by atomic mass is 10.4. The van der Waals surface area contributed by atoms with Crippen LogP contribution in [0.4, 0.5) is 0 Å². The van der Waals surface area contributed by atoms with Crippen molar-refractivity contribution in [3.05, 3.63) is 27.7 Å². The number of rotatable bonds is 4. The Morgan fingerprint density at radius 1 is 1.42 bits per heavy atom. The number of aliphatic hydroxyl groups is 1. The highest BCUT2D eigenvalue weighted by atomic mass is 32.2. The average molecular weight is 293 g/mol. The predicted octanol–water partition coefficient (Wildman–Crippen LogP) is 2.21. The van der Waals surface area contributed by atoms with Crippen LogP contribution in [0.25, 0.3) is 0 Å². The summed E-state index contributed by atoms with van der Waals surface area (Å²) >= 11 is 3.36. The molecule has 2 aromatic rings. The monoisotopic (exact) mass is 293 g/mol. The molecule has 0 fully saturated rings. The molecule has 2 rings (SSSR count). The normalized spacial score (nSPS) is 10.3. The van der Waals surface area contributed by atoms with Crippen molar-refractivity contribution < 1.29 is 5.11 Å². The van der Waals surface area contributed by atoms with E-state index in [0.29, 0.717) is 6.42 Å². The molecule has 0 spiro atoms. The van der Waals surface area contributed by atoms with E-state index in [0.717, 1.165) is 21.6 Å². The first-order valence-corrected chi connectivity index (χ1v) is 7.68. The van der Waals surface area contributed by atoms with Gasteiger partial charge < -0.3 is 9.67 Å². The van der Waals surface area contributed by atoms with Gasteiger partial charge in [0.05, 0.1) is 11.5 Å². The number of thiophene rings is 1. The van der Waals surface area contributed by atoms with Gasteiger partial charge in [0.25, 0.3) is 0 Å². The Morgan fingerprint density at radius 2 is 2.26 bits per heavy atom. The summed E-state index contributed by atoms with van der Waals surface area (Å²) in [6.07, 6.45) is 0.528. The predicted molar refractivity (Wildman–Crippen MR) is 78.2 cm³/mol. The maximum absolute atomic E-state index is 8.67. The first-order valence-electron chi connectivity index (χ1n) is 5.88. The largest absolute Gasteiger partial charge is 0.395 e. The van der Waals surface area contributed by atoms with E-state index < -0.39 is 0 Å². The molecule has 0 aliphatic carbocycles. The second-order valence-electron chi connectivity index (χ2n) is 3.92. The van der Waals surface area contributed by atoms with Gasteiger partial charge in [0.15, 0.2) is 5.16 Å². The number of nitrogens with zero attached hydrogens (tertiary/aromatic N) is 3. The molecule has 2 aromatic heterocycles. The van der Waals surface area contributed by atoms with Gasteiger partial charge in [-0.2, -0.15) is 0 Å². The highest BCUT2D eigenvalue weighted by Crippen LogP contribution is 2.25. The van der Waals surface area contributed by atoms with Gasteiger partial charge in [-0.25, -0.2) is 0 Å². The molecule has 0 unspecified atom stereocenters. The van der Waals surface area contributed by atoms with Gasteiger partial charge in [-0.3, -0.25) is 0 Å². The van der Waals surface area contributed by atoms with E-state index in [1.165, 1.54) is 4.88 Å². The SMILES string of the molecule is Cc1nnc(SCc2ccc(C#CCCO)s2)n1C. The summed E-state index contributed by atoms with van der Waals surface area (Å²) in [6.45, 7) is 2.06. The van der Waals surface area contributed by atoms with Gasteiger partial charge >= 0.3 is 0 Å². The van der Waals surface area contributed by atoms with Crippen molar-refractivity contribution >= 4 is 23.1 Å². The van der Waals surface area contributed by atoms with E-state index in [1.807, 2.05) is 24.6 Å². The van der Waals surface area contributed by atoms with Crippen LogP contribution in [0.2, 0.25) is 0 Å². The standard InChI is InChI=1S/C13H15N3OS2/c1-10-14-15-13(16(10)2)18-9-12-7-6-11(19-12)5-3-4-8-17/h6-7,17H,4,8-9H2,1-2H3. The zero-order valence-electron chi connectivity index (χ0n) is 10.9. The number of aliphatic hydroxyl groups excluding tert-OH is 1. The van der Waals surface area contributed by atoms with E-state index in [1.54, 1.807) is 23.1 Å². The molecule has 0 bridgehead atoms. The third kappa shape index (κ3) is 3.83. The molecule has 0 saturated heterocycles. The van der Waals surface area contributed by atoms with Crippen LogP contribution in [0.15, 0.2) is 17.3 Å².